The molecule has 0 saturated heterocycles. The van der Waals surface area contributed by atoms with Gasteiger partial charge in [-0.25, -0.2) is 9.59 Å². The molecule has 44 heavy (non-hydrogen) atoms. The smallest absolute Gasteiger partial charge is 0.355 e. The molecule has 5 aromatic carbocycles. The number of rotatable bonds is 4. The minimum atomic E-state index is -0.691. The molecular formula is C38H20N2O4. The maximum Gasteiger partial charge on any atom is 0.355 e. The highest BCUT2D eigenvalue weighted by Crippen LogP contribution is 2.42. The first kappa shape index (κ1) is 26.4. The Kier molecular flexibility index (Phi) is 6.43. The lowest BCUT2D eigenvalue weighted by Crippen LogP contribution is -1.97. The normalized spacial score (nSPS) is 16.5. The molecule has 2 heterocycles. The molecule has 0 radical (unpaired) electrons. The van der Waals surface area contributed by atoms with E-state index in [-0.39, 0.29) is 22.7 Å². The van der Waals surface area contributed by atoms with E-state index in [1.807, 2.05) is 133 Å². The number of nitriles is 2. The van der Waals surface area contributed by atoms with Crippen molar-refractivity contribution < 1.29 is 19.1 Å². The van der Waals surface area contributed by atoms with Crippen LogP contribution in [0.2, 0.25) is 0 Å². The summed E-state index contributed by atoms with van der Waals surface area (Å²) < 4.78 is 11.4. The van der Waals surface area contributed by atoms with E-state index < -0.39 is 11.9 Å². The molecule has 0 N–H and O–H groups in total. The molecule has 0 spiro atoms. The summed E-state index contributed by atoms with van der Waals surface area (Å²) in [5.41, 5.74) is 3.79. The van der Waals surface area contributed by atoms with E-state index in [2.05, 4.69) is 0 Å². The number of ether oxygens (including phenoxy) is 2. The lowest BCUT2D eigenvalue weighted by Gasteiger charge is -2.15. The van der Waals surface area contributed by atoms with E-state index in [1.54, 1.807) is 0 Å². The van der Waals surface area contributed by atoms with Crippen LogP contribution in [0, 0.1) is 22.7 Å². The molecule has 2 aliphatic rings. The fourth-order valence-corrected chi connectivity index (χ4v) is 5.81. The van der Waals surface area contributed by atoms with Crippen molar-refractivity contribution in [3.63, 3.8) is 0 Å². The second kappa shape index (κ2) is 10.7. The molecule has 5 aromatic rings. The predicted molar refractivity (Wildman–Crippen MR) is 168 cm³/mol. The highest BCUT2D eigenvalue weighted by molar-refractivity contribution is 6.18. The van der Waals surface area contributed by atoms with Crippen LogP contribution in [0.15, 0.2) is 132 Å². The lowest BCUT2D eigenvalue weighted by molar-refractivity contribution is -0.133. The summed E-state index contributed by atoms with van der Waals surface area (Å²) in [6.45, 7) is 0. The molecule has 206 valence electrons. The minimum absolute atomic E-state index is 0.0472. The van der Waals surface area contributed by atoms with Crippen molar-refractivity contribution in [2.24, 2.45) is 0 Å². The summed E-state index contributed by atoms with van der Waals surface area (Å²) in [4.78, 5) is 25.5. The van der Waals surface area contributed by atoms with Crippen molar-refractivity contribution in [2.45, 2.75) is 0 Å². The summed E-state index contributed by atoms with van der Waals surface area (Å²) in [7, 11) is 0. The third-order valence-electron chi connectivity index (χ3n) is 7.72. The number of carbonyl (C=O) groups excluding carboxylic acids is 2. The van der Waals surface area contributed by atoms with Crippen molar-refractivity contribution in [3.05, 3.63) is 154 Å². The van der Waals surface area contributed by atoms with E-state index in [1.165, 1.54) is 0 Å². The second-order valence-corrected chi connectivity index (χ2v) is 10.2. The van der Waals surface area contributed by atoms with Gasteiger partial charge < -0.3 is 9.47 Å². The van der Waals surface area contributed by atoms with Crippen LogP contribution < -0.4 is 0 Å². The number of cyclic esters (lactones) is 2. The van der Waals surface area contributed by atoms with Gasteiger partial charge in [-0.05, 0) is 56.0 Å². The molecule has 0 saturated carbocycles. The molecule has 6 heteroatoms. The van der Waals surface area contributed by atoms with Crippen LogP contribution in [-0.4, -0.2) is 11.9 Å². The molecule has 0 fully saturated rings. The molecule has 2 aliphatic heterocycles. The fourth-order valence-electron chi connectivity index (χ4n) is 5.81. The van der Waals surface area contributed by atoms with Crippen molar-refractivity contribution >= 4 is 56.8 Å². The molecule has 0 bridgehead atoms. The summed E-state index contributed by atoms with van der Waals surface area (Å²) in [5, 5.41) is 23.1. The summed E-state index contributed by atoms with van der Waals surface area (Å²) >= 11 is 0. The van der Waals surface area contributed by atoms with E-state index in [0.717, 1.165) is 32.7 Å². The summed E-state index contributed by atoms with van der Waals surface area (Å²) in [6, 6.07) is 38.1. The quantitative estimate of drug-likeness (QED) is 0.162. The SMILES string of the molecule is N#CC1=C(c2ccccc2)C(=Cc2c3ccccc3c(C=C3OC(=O)C(C#N)=C3c3ccccc3)c3ccccc23)OC1=O. The maximum absolute atomic E-state index is 12.8. The number of hydrogen-bond acceptors (Lipinski definition) is 6. The van der Waals surface area contributed by atoms with Crippen molar-refractivity contribution in [1.29, 1.82) is 10.5 Å². The Hall–Kier alpha value is -6.50. The average Bonchev–Trinajstić information content (AvgIpc) is 3.57. The Morgan fingerprint density at radius 2 is 0.795 bits per heavy atom. The van der Waals surface area contributed by atoms with Gasteiger partial charge in [-0.3, -0.25) is 0 Å². The van der Waals surface area contributed by atoms with E-state index in [9.17, 15) is 20.1 Å². The van der Waals surface area contributed by atoms with E-state index in [0.29, 0.717) is 22.3 Å². The largest absolute Gasteiger partial charge is 0.422 e. The number of benzene rings is 5. The monoisotopic (exact) mass is 568 g/mol. The van der Waals surface area contributed by atoms with E-state index >= 15 is 0 Å². The molecule has 0 aromatic heterocycles. The van der Waals surface area contributed by atoms with Crippen molar-refractivity contribution in [3.8, 4) is 12.1 Å². The average molecular weight is 569 g/mol. The van der Waals surface area contributed by atoms with Gasteiger partial charge in [-0.15, -0.1) is 0 Å². The Bertz CT molecular complexity index is 2040. The zero-order valence-corrected chi connectivity index (χ0v) is 23.1. The first-order chi connectivity index (χ1) is 21.6. The molecule has 6 nitrogen and oxygen atoms in total. The zero-order valence-electron chi connectivity index (χ0n) is 23.1. The number of carbonyl (C=O) groups is 2. The Balaban J connectivity index is 1.50. The van der Waals surface area contributed by atoms with Gasteiger partial charge >= 0.3 is 11.9 Å². The van der Waals surface area contributed by atoms with Gasteiger partial charge in [0.2, 0.25) is 0 Å². The van der Waals surface area contributed by atoms with Crippen molar-refractivity contribution in [1.82, 2.24) is 0 Å². The second-order valence-electron chi connectivity index (χ2n) is 10.2. The number of fused-ring (bicyclic) bond motifs is 2. The van der Waals surface area contributed by atoms with Gasteiger partial charge in [0.15, 0.2) is 0 Å². The third-order valence-corrected chi connectivity index (χ3v) is 7.72. The Morgan fingerprint density at radius 1 is 0.477 bits per heavy atom. The number of nitrogens with zero attached hydrogens (tertiary/aromatic N) is 2. The highest BCUT2D eigenvalue weighted by atomic mass is 16.5. The van der Waals surface area contributed by atoms with Crippen LogP contribution in [0.3, 0.4) is 0 Å². The van der Waals surface area contributed by atoms with Gasteiger partial charge in [-0.2, -0.15) is 10.5 Å². The van der Waals surface area contributed by atoms with Crippen LogP contribution in [0.4, 0.5) is 0 Å². The van der Waals surface area contributed by atoms with Crippen LogP contribution in [0.5, 0.6) is 0 Å². The van der Waals surface area contributed by atoms with Gasteiger partial charge in [0, 0.05) is 11.1 Å². The Morgan fingerprint density at radius 3 is 1.11 bits per heavy atom. The predicted octanol–water partition coefficient (Wildman–Crippen LogP) is 7.74. The van der Waals surface area contributed by atoms with E-state index in [4.69, 9.17) is 9.47 Å². The highest BCUT2D eigenvalue weighted by Gasteiger charge is 2.33. The number of hydrogen-bond donors (Lipinski definition) is 0. The topological polar surface area (TPSA) is 100 Å². The maximum atomic E-state index is 12.8. The Labute approximate surface area is 252 Å². The summed E-state index contributed by atoms with van der Waals surface area (Å²) in [5.74, 6) is -0.804. The standard InChI is InChI=1S/C38H20N2O4/c39-21-31-35(23-11-3-1-4-12-23)33(43-37(31)41)19-29-25-15-7-9-17-27(25)30(28-18-10-8-16-26(28)29)20-34-36(24-13-5-2-6-14-24)32(22-40)38(42)44-34/h1-20H. The molecule has 0 unspecified atom stereocenters. The summed E-state index contributed by atoms with van der Waals surface area (Å²) in [6.07, 6.45) is 3.62. The number of allylic oxidation sites excluding steroid dienone is 2. The van der Waals surface area contributed by atoms with Gasteiger partial charge in [-0.1, -0.05) is 109 Å². The first-order valence-electron chi connectivity index (χ1n) is 13.8. The lowest BCUT2D eigenvalue weighted by atomic mass is 9.89. The number of esters is 2. The van der Waals surface area contributed by atoms with Gasteiger partial charge in [0.25, 0.3) is 0 Å². The van der Waals surface area contributed by atoms with Crippen LogP contribution >= 0.6 is 0 Å². The van der Waals surface area contributed by atoms with Gasteiger partial charge in [0.05, 0.1) is 0 Å². The fraction of sp³-hybridized carbons (Fsp3) is 0. The van der Waals surface area contributed by atoms with Crippen molar-refractivity contribution in [2.75, 3.05) is 0 Å². The van der Waals surface area contributed by atoms with Gasteiger partial charge in [0.1, 0.15) is 34.8 Å². The zero-order chi connectivity index (χ0) is 30.2. The molecule has 7 rings (SSSR count). The van der Waals surface area contributed by atoms with Crippen LogP contribution in [0.25, 0.3) is 44.8 Å². The molecular weight excluding hydrogens is 548 g/mol. The minimum Gasteiger partial charge on any atom is -0.422 e. The molecule has 0 atom stereocenters. The molecule has 0 aliphatic carbocycles. The first-order valence-corrected chi connectivity index (χ1v) is 13.8. The van der Waals surface area contributed by atoms with Crippen LogP contribution in [0.1, 0.15) is 22.3 Å². The third kappa shape index (κ3) is 4.27. The molecule has 0 amide bonds. The van der Waals surface area contributed by atoms with Crippen LogP contribution in [-0.2, 0) is 19.1 Å².